The molecule has 0 aromatic heterocycles. The predicted octanol–water partition coefficient (Wildman–Crippen LogP) is 2.16. The summed E-state index contributed by atoms with van der Waals surface area (Å²) >= 11 is 3.29. The molecular weight excluding hydrogens is 287 g/mol. The van der Waals surface area contributed by atoms with Gasteiger partial charge in [-0.05, 0) is 18.2 Å². The lowest BCUT2D eigenvalue weighted by atomic mass is 10.2. The Labute approximate surface area is 109 Å². The van der Waals surface area contributed by atoms with E-state index in [4.69, 9.17) is 0 Å². The number of halogens is 2. The third-order valence-electron chi connectivity index (χ3n) is 2.34. The van der Waals surface area contributed by atoms with E-state index in [0.29, 0.717) is 25.1 Å². The van der Waals surface area contributed by atoms with E-state index in [1.807, 2.05) is 0 Å². The zero-order valence-electron chi connectivity index (χ0n) is 9.96. The van der Waals surface area contributed by atoms with Gasteiger partial charge in [-0.2, -0.15) is 0 Å². The normalized spacial score (nSPS) is 10.4. The number of benzene rings is 1. The van der Waals surface area contributed by atoms with Crippen LogP contribution in [0, 0.1) is 5.82 Å². The molecule has 0 aliphatic rings. The molecule has 0 saturated heterocycles. The summed E-state index contributed by atoms with van der Waals surface area (Å²) in [5.74, 6) is -0.174. The highest BCUT2D eigenvalue weighted by atomic mass is 79.9. The zero-order chi connectivity index (χ0) is 12.8. The lowest BCUT2D eigenvalue weighted by molar-refractivity contribution is -0.128. The number of hydrogen-bond acceptors (Lipinski definition) is 2. The molecule has 3 nitrogen and oxygen atoms in total. The van der Waals surface area contributed by atoms with Crippen molar-refractivity contribution in [1.29, 1.82) is 0 Å². The van der Waals surface area contributed by atoms with Gasteiger partial charge in [0.25, 0.3) is 0 Å². The number of carbonyl (C=O) groups is 1. The van der Waals surface area contributed by atoms with Gasteiger partial charge in [-0.15, -0.1) is 0 Å². The topological polar surface area (TPSA) is 32.3 Å². The number of rotatable bonds is 5. The lowest BCUT2D eigenvalue weighted by Gasteiger charge is -2.10. The van der Waals surface area contributed by atoms with Crippen LogP contribution >= 0.6 is 15.9 Å². The molecule has 1 rings (SSSR count). The van der Waals surface area contributed by atoms with E-state index >= 15 is 0 Å². The molecule has 17 heavy (non-hydrogen) atoms. The van der Waals surface area contributed by atoms with Crippen molar-refractivity contribution in [3.05, 3.63) is 34.1 Å². The van der Waals surface area contributed by atoms with Gasteiger partial charge in [0.2, 0.25) is 5.91 Å². The third-order valence-corrected chi connectivity index (χ3v) is 2.83. The Morgan fingerprint density at radius 2 is 2.18 bits per heavy atom. The van der Waals surface area contributed by atoms with Crippen molar-refractivity contribution in [3.8, 4) is 0 Å². The third kappa shape index (κ3) is 4.83. The van der Waals surface area contributed by atoms with Crippen molar-refractivity contribution in [2.24, 2.45) is 0 Å². The van der Waals surface area contributed by atoms with Crippen LogP contribution in [0.4, 0.5) is 4.39 Å². The average Bonchev–Trinajstić information content (AvgIpc) is 2.28. The van der Waals surface area contributed by atoms with Crippen LogP contribution in [0.3, 0.4) is 0 Å². The van der Waals surface area contributed by atoms with Crippen LogP contribution in [0.5, 0.6) is 0 Å². The SMILES string of the molecule is CN(C)C(=O)CCNCc1cc(Br)ccc1F. The van der Waals surface area contributed by atoms with Gasteiger partial charge in [0.1, 0.15) is 5.82 Å². The van der Waals surface area contributed by atoms with Crippen molar-refractivity contribution in [1.82, 2.24) is 10.2 Å². The van der Waals surface area contributed by atoms with Crippen LogP contribution in [0.25, 0.3) is 0 Å². The van der Waals surface area contributed by atoms with Crippen LogP contribution in [0.2, 0.25) is 0 Å². The van der Waals surface area contributed by atoms with E-state index < -0.39 is 0 Å². The van der Waals surface area contributed by atoms with E-state index in [1.165, 1.54) is 6.07 Å². The van der Waals surface area contributed by atoms with Crippen LogP contribution in [0.15, 0.2) is 22.7 Å². The van der Waals surface area contributed by atoms with Gasteiger partial charge >= 0.3 is 0 Å². The molecule has 0 aliphatic carbocycles. The number of hydrogen-bond donors (Lipinski definition) is 1. The zero-order valence-corrected chi connectivity index (χ0v) is 11.6. The van der Waals surface area contributed by atoms with E-state index in [-0.39, 0.29) is 11.7 Å². The molecule has 94 valence electrons. The molecule has 0 saturated carbocycles. The second kappa shape index (κ2) is 6.71. The molecule has 1 aromatic rings. The predicted molar refractivity (Wildman–Crippen MR) is 69.1 cm³/mol. The number of carbonyl (C=O) groups excluding carboxylic acids is 1. The summed E-state index contributed by atoms with van der Waals surface area (Å²) in [6.07, 6.45) is 0.419. The fourth-order valence-corrected chi connectivity index (χ4v) is 1.73. The largest absolute Gasteiger partial charge is 0.349 e. The minimum absolute atomic E-state index is 0.0622. The first kappa shape index (κ1) is 14.1. The highest BCUT2D eigenvalue weighted by Crippen LogP contribution is 2.15. The molecule has 0 aliphatic heterocycles. The maximum atomic E-state index is 13.3. The van der Waals surface area contributed by atoms with Gasteiger partial charge in [-0.25, -0.2) is 4.39 Å². The lowest BCUT2D eigenvalue weighted by Crippen LogP contribution is -2.26. The molecule has 1 aromatic carbocycles. The Morgan fingerprint density at radius 3 is 2.82 bits per heavy atom. The summed E-state index contributed by atoms with van der Waals surface area (Å²) in [6.45, 7) is 0.967. The molecular formula is C12H16BrFN2O. The van der Waals surface area contributed by atoms with Gasteiger partial charge in [0, 0.05) is 43.6 Å². The molecule has 1 amide bonds. The first-order valence-electron chi connectivity index (χ1n) is 5.35. The molecule has 0 spiro atoms. The number of nitrogens with zero attached hydrogens (tertiary/aromatic N) is 1. The summed E-state index contributed by atoms with van der Waals surface area (Å²) < 4.78 is 14.2. The first-order valence-corrected chi connectivity index (χ1v) is 6.15. The summed E-state index contributed by atoms with van der Waals surface area (Å²) in [7, 11) is 3.44. The minimum Gasteiger partial charge on any atom is -0.349 e. The highest BCUT2D eigenvalue weighted by molar-refractivity contribution is 9.10. The van der Waals surface area contributed by atoms with Gasteiger partial charge in [0.15, 0.2) is 0 Å². The fourth-order valence-electron chi connectivity index (χ4n) is 1.32. The Balaban J connectivity index is 2.36. The summed E-state index contributed by atoms with van der Waals surface area (Å²) in [5, 5.41) is 3.05. The highest BCUT2D eigenvalue weighted by Gasteiger charge is 2.05. The van der Waals surface area contributed by atoms with E-state index in [1.54, 1.807) is 31.1 Å². The maximum Gasteiger partial charge on any atom is 0.223 e. The monoisotopic (exact) mass is 302 g/mol. The second-order valence-electron chi connectivity index (χ2n) is 3.95. The molecule has 0 fully saturated rings. The molecule has 0 radical (unpaired) electrons. The van der Waals surface area contributed by atoms with Crippen molar-refractivity contribution in [2.75, 3.05) is 20.6 Å². The second-order valence-corrected chi connectivity index (χ2v) is 4.87. The number of amides is 1. The Kier molecular flexibility index (Phi) is 5.58. The van der Waals surface area contributed by atoms with E-state index in [2.05, 4.69) is 21.2 Å². The van der Waals surface area contributed by atoms with Gasteiger partial charge in [0.05, 0.1) is 0 Å². The summed E-state index contributed by atoms with van der Waals surface area (Å²) in [4.78, 5) is 12.8. The number of nitrogens with one attached hydrogen (secondary N) is 1. The first-order chi connectivity index (χ1) is 8.00. The van der Waals surface area contributed by atoms with E-state index in [9.17, 15) is 9.18 Å². The Bertz CT molecular complexity index is 396. The minimum atomic E-state index is -0.236. The fraction of sp³-hybridized carbons (Fsp3) is 0.417. The molecule has 0 atom stereocenters. The average molecular weight is 303 g/mol. The van der Waals surface area contributed by atoms with Crippen LogP contribution in [0.1, 0.15) is 12.0 Å². The summed E-state index contributed by atoms with van der Waals surface area (Å²) in [6, 6.07) is 4.82. The molecule has 0 bridgehead atoms. The summed E-state index contributed by atoms with van der Waals surface area (Å²) in [5.41, 5.74) is 0.594. The van der Waals surface area contributed by atoms with Gasteiger partial charge in [-0.1, -0.05) is 15.9 Å². The van der Waals surface area contributed by atoms with Crippen LogP contribution < -0.4 is 5.32 Å². The van der Waals surface area contributed by atoms with Crippen molar-refractivity contribution < 1.29 is 9.18 Å². The maximum absolute atomic E-state index is 13.3. The van der Waals surface area contributed by atoms with Gasteiger partial charge in [-0.3, -0.25) is 4.79 Å². The van der Waals surface area contributed by atoms with Crippen molar-refractivity contribution in [3.63, 3.8) is 0 Å². The molecule has 5 heteroatoms. The van der Waals surface area contributed by atoms with Gasteiger partial charge < -0.3 is 10.2 Å². The molecule has 0 unspecified atom stereocenters. The quantitative estimate of drug-likeness (QED) is 0.846. The Hall–Kier alpha value is -0.940. The van der Waals surface area contributed by atoms with Crippen LogP contribution in [-0.4, -0.2) is 31.4 Å². The van der Waals surface area contributed by atoms with E-state index in [0.717, 1.165) is 4.47 Å². The van der Waals surface area contributed by atoms with Crippen molar-refractivity contribution >= 4 is 21.8 Å². The van der Waals surface area contributed by atoms with Crippen molar-refractivity contribution in [2.45, 2.75) is 13.0 Å². The molecule has 1 N–H and O–H groups in total. The smallest absolute Gasteiger partial charge is 0.223 e. The standard InChI is InChI=1S/C12H16BrFN2O/c1-16(2)12(17)5-6-15-8-9-7-10(13)3-4-11(9)14/h3-4,7,15H,5-6,8H2,1-2H3. The Morgan fingerprint density at radius 1 is 1.47 bits per heavy atom. The molecule has 0 heterocycles. The van der Waals surface area contributed by atoms with Crippen LogP contribution in [-0.2, 0) is 11.3 Å².